The first kappa shape index (κ1) is 14.0. The van der Waals surface area contributed by atoms with Crippen molar-refractivity contribution < 1.29 is 14.6 Å². The average Bonchev–Trinajstić information content (AvgIpc) is 2.17. The number of hydrogen-bond acceptors (Lipinski definition) is 3. The number of hydrogen-bond donors (Lipinski definition) is 0. The van der Waals surface area contributed by atoms with Gasteiger partial charge in [-0.3, -0.25) is 4.89 Å². The first-order valence-corrected chi connectivity index (χ1v) is 3.80. The van der Waals surface area contributed by atoms with E-state index in [2.05, 4.69) is 9.78 Å². The summed E-state index contributed by atoms with van der Waals surface area (Å²) in [6.45, 7) is 0. The molecule has 0 aliphatic heterocycles. The number of benzene rings is 1. The molecule has 3 nitrogen and oxygen atoms in total. The molecule has 0 aliphatic rings. The third-order valence-corrected chi connectivity index (χ3v) is 1.38. The standard InChI is InChI=1S/C10H10O3.K.H/c1-12-13-10(11)8-7-9-5-3-2-4-6-9;;/h2-8H,1H3;;. The van der Waals surface area contributed by atoms with Crippen LogP contribution in [0.2, 0.25) is 0 Å². The second kappa shape index (κ2) is 8.34. The fourth-order valence-corrected chi connectivity index (χ4v) is 0.838. The van der Waals surface area contributed by atoms with Crippen LogP contribution >= 0.6 is 0 Å². The van der Waals surface area contributed by atoms with Crippen LogP contribution in [0.1, 0.15) is 5.56 Å². The van der Waals surface area contributed by atoms with Crippen LogP contribution in [-0.4, -0.2) is 64.5 Å². The molecule has 1 aromatic carbocycles. The van der Waals surface area contributed by atoms with Crippen LogP contribution in [0.25, 0.3) is 6.08 Å². The van der Waals surface area contributed by atoms with Gasteiger partial charge in [-0.1, -0.05) is 30.3 Å². The Morgan fingerprint density at radius 3 is 2.50 bits per heavy atom. The molecule has 4 heteroatoms. The van der Waals surface area contributed by atoms with Crippen LogP contribution in [0.4, 0.5) is 0 Å². The molecule has 70 valence electrons. The Balaban J connectivity index is 0.00000169. The molecule has 0 aliphatic carbocycles. The van der Waals surface area contributed by atoms with E-state index >= 15 is 0 Å². The molecule has 0 spiro atoms. The number of carbonyl (C=O) groups excluding carboxylic acids is 1. The molecule has 0 fully saturated rings. The molecule has 0 radical (unpaired) electrons. The molecule has 0 amide bonds. The molecule has 14 heavy (non-hydrogen) atoms. The molecule has 0 saturated heterocycles. The quantitative estimate of drug-likeness (QED) is 0.330. The van der Waals surface area contributed by atoms with Crippen molar-refractivity contribution in [2.45, 2.75) is 0 Å². The van der Waals surface area contributed by atoms with Gasteiger partial charge in [-0.05, 0) is 11.6 Å². The summed E-state index contributed by atoms with van der Waals surface area (Å²) in [6, 6.07) is 9.46. The summed E-state index contributed by atoms with van der Waals surface area (Å²) in [7, 11) is 1.29. The molecule has 0 unspecified atom stereocenters. The van der Waals surface area contributed by atoms with Crippen molar-refractivity contribution in [1.29, 1.82) is 0 Å². The molecule has 1 aromatic rings. The van der Waals surface area contributed by atoms with Crippen molar-refractivity contribution in [2.24, 2.45) is 0 Å². The van der Waals surface area contributed by atoms with Crippen molar-refractivity contribution >= 4 is 63.4 Å². The van der Waals surface area contributed by atoms with Crippen LogP contribution < -0.4 is 0 Å². The number of carbonyl (C=O) groups is 1. The van der Waals surface area contributed by atoms with E-state index in [9.17, 15) is 4.79 Å². The minimum absolute atomic E-state index is 0. The Bertz CT molecular complexity index is 295. The van der Waals surface area contributed by atoms with Crippen molar-refractivity contribution in [3.05, 3.63) is 42.0 Å². The summed E-state index contributed by atoms with van der Waals surface area (Å²) >= 11 is 0. The van der Waals surface area contributed by atoms with Gasteiger partial charge < -0.3 is 0 Å². The molecule has 0 saturated carbocycles. The Hall–Kier alpha value is 0.0264. The minimum atomic E-state index is -0.522. The third-order valence-electron chi connectivity index (χ3n) is 1.38. The maximum absolute atomic E-state index is 10.8. The van der Waals surface area contributed by atoms with Gasteiger partial charge in [-0.25, -0.2) is 4.79 Å². The van der Waals surface area contributed by atoms with Gasteiger partial charge in [0.05, 0.1) is 7.11 Å². The predicted octanol–water partition coefficient (Wildman–Crippen LogP) is 1.16. The van der Waals surface area contributed by atoms with Gasteiger partial charge in [0.1, 0.15) is 0 Å². The topological polar surface area (TPSA) is 35.5 Å². The molecule has 0 heterocycles. The van der Waals surface area contributed by atoms with E-state index in [1.165, 1.54) is 13.2 Å². The normalized spacial score (nSPS) is 9.50. The Kier molecular flexibility index (Phi) is 8.36. The molecule has 1 rings (SSSR count). The maximum atomic E-state index is 10.8. The van der Waals surface area contributed by atoms with Gasteiger partial charge in [0.25, 0.3) is 0 Å². The zero-order chi connectivity index (χ0) is 9.52. The van der Waals surface area contributed by atoms with Crippen LogP contribution in [-0.2, 0) is 14.6 Å². The molecule has 0 bridgehead atoms. The van der Waals surface area contributed by atoms with E-state index in [4.69, 9.17) is 0 Å². The summed E-state index contributed by atoms with van der Waals surface area (Å²) in [4.78, 5) is 19.2. The van der Waals surface area contributed by atoms with Crippen LogP contribution in [0.15, 0.2) is 36.4 Å². The first-order chi connectivity index (χ1) is 6.33. The molecular weight excluding hydrogens is 207 g/mol. The zero-order valence-corrected chi connectivity index (χ0v) is 7.27. The summed E-state index contributed by atoms with van der Waals surface area (Å²) < 4.78 is 0. The van der Waals surface area contributed by atoms with Gasteiger partial charge >= 0.3 is 57.4 Å². The monoisotopic (exact) mass is 218 g/mol. The van der Waals surface area contributed by atoms with E-state index in [1.807, 2.05) is 30.3 Å². The van der Waals surface area contributed by atoms with Gasteiger partial charge in [0.15, 0.2) is 0 Å². The van der Waals surface area contributed by atoms with Crippen LogP contribution in [0.5, 0.6) is 0 Å². The van der Waals surface area contributed by atoms with Gasteiger partial charge in [-0.15, -0.1) is 0 Å². The Morgan fingerprint density at radius 2 is 1.93 bits per heavy atom. The summed E-state index contributed by atoms with van der Waals surface area (Å²) in [5.74, 6) is -0.522. The molecule has 0 N–H and O–H groups in total. The van der Waals surface area contributed by atoms with Crippen molar-refractivity contribution in [3.63, 3.8) is 0 Å². The summed E-state index contributed by atoms with van der Waals surface area (Å²) in [5.41, 5.74) is 0.940. The average molecular weight is 218 g/mol. The summed E-state index contributed by atoms with van der Waals surface area (Å²) in [5, 5.41) is 0. The summed E-state index contributed by atoms with van der Waals surface area (Å²) in [6.07, 6.45) is 2.96. The third kappa shape index (κ3) is 5.69. The second-order valence-corrected chi connectivity index (χ2v) is 2.31. The SMILES string of the molecule is COOC(=O)C=Cc1ccccc1.[KH]. The van der Waals surface area contributed by atoms with Gasteiger partial charge in [0, 0.05) is 6.08 Å². The van der Waals surface area contributed by atoms with Crippen LogP contribution in [0.3, 0.4) is 0 Å². The first-order valence-electron chi connectivity index (χ1n) is 3.80. The van der Waals surface area contributed by atoms with Crippen molar-refractivity contribution in [2.75, 3.05) is 7.11 Å². The zero-order valence-electron chi connectivity index (χ0n) is 7.27. The van der Waals surface area contributed by atoms with E-state index in [-0.39, 0.29) is 51.4 Å². The van der Waals surface area contributed by atoms with E-state index in [0.29, 0.717) is 0 Å². The van der Waals surface area contributed by atoms with Crippen molar-refractivity contribution in [1.82, 2.24) is 0 Å². The van der Waals surface area contributed by atoms with Gasteiger partial charge in [-0.2, -0.15) is 4.89 Å². The number of rotatable bonds is 3. The van der Waals surface area contributed by atoms with Crippen molar-refractivity contribution in [3.8, 4) is 0 Å². The predicted molar refractivity (Wildman–Crippen MR) is 55.7 cm³/mol. The Labute approximate surface area is 125 Å². The fraction of sp³-hybridized carbons (Fsp3) is 0.100. The fourth-order valence-electron chi connectivity index (χ4n) is 0.838. The van der Waals surface area contributed by atoms with Crippen LogP contribution in [0, 0.1) is 0 Å². The Morgan fingerprint density at radius 1 is 1.29 bits per heavy atom. The van der Waals surface area contributed by atoms with E-state index < -0.39 is 5.97 Å². The van der Waals surface area contributed by atoms with E-state index in [0.717, 1.165) is 5.56 Å². The molecule has 0 atom stereocenters. The van der Waals surface area contributed by atoms with E-state index in [1.54, 1.807) is 6.08 Å². The molecular formula is C10H11KO3. The van der Waals surface area contributed by atoms with Gasteiger partial charge in [0.2, 0.25) is 0 Å². The second-order valence-electron chi connectivity index (χ2n) is 2.31. The molecule has 0 aromatic heterocycles.